The van der Waals surface area contributed by atoms with E-state index in [1.165, 1.54) is 46.2 Å². The molecule has 0 unspecified atom stereocenters. The van der Waals surface area contributed by atoms with E-state index in [-0.39, 0.29) is 11.6 Å². The van der Waals surface area contributed by atoms with Gasteiger partial charge in [0.25, 0.3) is 0 Å². The Hall–Kier alpha value is -0.470. The number of thioether (sulfide) groups is 2. The predicted molar refractivity (Wildman–Crippen MR) is 82.6 cm³/mol. The van der Waals surface area contributed by atoms with Crippen LogP contribution in [-0.2, 0) is 0 Å². The monoisotopic (exact) mass is 340 g/mol. The SMILES string of the molecule is O=C1c2ccccc2C(=O)C12Sc1sc(=S)sc1S2. The van der Waals surface area contributed by atoms with E-state index in [9.17, 15) is 9.59 Å². The molecule has 2 aromatic rings. The molecule has 19 heavy (non-hydrogen) atoms. The number of Topliss-reactive ketones (excluding diaryl/α,β-unsaturated/α-hetero) is 2. The fraction of sp³-hybridized carbons (Fsp3) is 0.0833. The predicted octanol–water partition coefficient (Wildman–Crippen LogP) is 4.51. The molecule has 4 rings (SSSR count). The third kappa shape index (κ3) is 1.53. The Kier molecular flexibility index (Phi) is 2.60. The van der Waals surface area contributed by atoms with Gasteiger partial charge in [0.05, 0.1) is 8.42 Å². The van der Waals surface area contributed by atoms with Crippen molar-refractivity contribution < 1.29 is 9.59 Å². The van der Waals surface area contributed by atoms with Crippen molar-refractivity contribution in [2.45, 2.75) is 12.5 Å². The summed E-state index contributed by atoms with van der Waals surface area (Å²) in [6.07, 6.45) is 0. The van der Waals surface area contributed by atoms with E-state index >= 15 is 0 Å². The van der Waals surface area contributed by atoms with Crippen LogP contribution in [0, 0.1) is 3.14 Å². The fourth-order valence-corrected chi connectivity index (χ4v) is 9.52. The highest BCUT2D eigenvalue weighted by Gasteiger charge is 2.58. The van der Waals surface area contributed by atoms with E-state index in [1.54, 1.807) is 24.3 Å². The van der Waals surface area contributed by atoms with Crippen LogP contribution < -0.4 is 0 Å². The van der Waals surface area contributed by atoms with Gasteiger partial charge in [0, 0.05) is 11.1 Å². The van der Waals surface area contributed by atoms with E-state index in [1.807, 2.05) is 0 Å². The summed E-state index contributed by atoms with van der Waals surface area (Å²) < 4.78 is 1.84. The Labute approximate surface area is 130 Å². The Morgan fingerprint density at radius 3 is 1.84 bits per heavy atom. The van der Waals surface area contributed by atoms with Crippen LogP contribution in [0.15, 0.2) is 32.7 Å². The van der Waals surface area contributed by atoms with Crippen molar-refractivity contribution in [2.24, 2.45) is 0 Å². The molecule has 0 radical (unpaired) electrons. The first-order valence-corrected chi connectivity index (χ1v) is 9.00. The molecule has 0 bridgehead atoms. The molecule has 7 heteroatoms. The molecule has 1 aromatic carbocycles. The van der Waals surface area contributed by atoms with E-state index in [4.69, 9.17) is 12.2 Å². The number of rotatable bonds is 0. The molecular weight excluding hydrogens is 336 g/mol. The molecule has 0 saturated carbocycles. The first-order valence-electron chi connectivity index (χ1n) is 5.32. The molecule has 1 spiro atoms. The van der Waals surface area contributed by atoms with Crippen LogP contribution >= 0.6 is 58.4 Å². The van der Waals surface area contributed by atoms with Crippen LogP contribution in [0.3, 0.4) is 0 Å². The van der Waals surface area contributed by atoms with Crippen LogP contribution in [0.4, 0.5) is 0 Å². The number of benzene rings is 1. The third-order valence-corrected chi connectivity index (χ3v) is 9.23. The number of fused-ring (bicyclic) bond motifs is 2. The lowest BCUT2D eigenvalue weighted by atomic mass is 10.1. The fourth-order valence-electron chi connectivity index (χ4n) is 2.18. The highest BCUT2D eigenvalue weighted by atomic mass is 32.2. The molecule has 0 fully saturated rings. The first kappa shape index (κ1) is 12.3. The average molecular weight is 340 g/mol. The summed E-state index contributed by atoms with van der Waals surface area (Å²) in [5.74, 6) is -0.158. The second kappa shape index (κ2) is 4.02. The zero-order valence-electron chi connectivity index (χ0n) is 9.17. The Morgan fingerprint density at radius 1 is 0.895 bits per heavy atom. The standard InChI is InChI=1S/C12H4O2S5/c13-7-5-3-1-2-4-6(5)8(14)12(7)18-9-10(19-12)17-11(15)16-9/h1-4H. The molecule has 2 nitrogen and oxygen atoms in total. The Morgan fingerprint density at radius 2 is 1.37 bits per heavy atom. The largest absolute Gasteiger partial charge is 0.291 e. The molecule has 0 atom stereocenters. The quantitative estimate of drug-likeness (QED) is 0.520. The third-order valence-electron chi connectivity index (χ3n) is 3.01. The summed E-state index contributed by atoms with van der Waals surface area (Å²) in [4.78, 5) is 25.2. The maximum Gasteiger partial charge on any atom is 0.198 e. The van der Waals surface area contributed by atoms with Gasteiger partial charge in [0.1, 0.15) is 3.14 Å². The molecule has 2 heterocycles. The van der Waals surface area contributed by atoms with Crippen molar-refractivity contribution in [1.29, 1.82) is 0 Å². The Balaban J connectivity index is 1.88. The summed E-state index contributed by atoms with van der Waals surface area (Å²) in [5.41, 5.74) is 1.09. The van der Waals surface area contributed by atoms with Crippen LogP contribution in [0.1, 0.15) is 20.7 Å². The lowest BCUT2D eigenvalue weighted by Crippen LogP contribution is -2.31. The molecule has 1 aliphatic heterocycles. The molecule has 2 aliphatic rings. The molecule has 0 N–H and O–H groups in total. The van der Waals surface area contributed by atoms with Crippen molar-refractivity contribution in [3.63, 3.8) is 0 Å². The van der Waals surface area contributed by atoms with Crippen LogP contribution in [0.2, 0.25) is 0 Å². The summed E-state index contributed by atoms with van der Waals surface area (Å²) in [5, 5.41) is 0. The minimum atomic E-state index is -1.02. The van der Waals surface area contributed by atoms with Gasteiger partial charge in [-0.1, -0.05) is 60.0 Å². The molecule has 94 valence electrons. The number of hydrogen-bond donors (Lipinski definition) is 0. The van der Waals surface area contributed by atoms with E-state index in [0.717, 1.165) is 11.6 Å². The second-order valence-electron chi connectivity index (χ2n) is 4.05. The highest BCUT2D eigenvalue weighted by molar-refractivity contribution is 8.25. The molecule has 1 aromatic heterocycles. The van der Waals surface area contributed by atoms with E-state index < -0.39 is 4.08 Å². The zero-order valence-corrected chi connectivity index (χ0v) is 13.2. The van der Waals surface area contributed by atoms with Gasteiger partial charge in [-0.25, -0.2) is 0 Å². The van der Waals surface area contributed by atoms with Crippen molar-refractivity contribution in [1.82, 2.24) is 0 Å². The smallest absolute Gasteiger partial charge is 0.198 e. The minimum Gasteiger partial charge on any atom is -0.291 e. The average Bonchev–Trinajstić information content (AvgIpc) is 2.97. The van der Waals surface area contributed by atoms with Gasteiger partial charge in [-0.2, -0.15) is 0 Å². The van der Waals surface area contributed by atoms with Gasteiger partial charge in [-0.15, -0.1) is 22.7 Å². The van der Waals surface area contributed by atoms with Gasteiger partial charge in [-0.05, 0) is 0 Å². The maximum absolute atomic E-state index is 12.6. The van der Waals surface area contributed by atoms with Crippen LogP contribution in [0.5, 0.6) is 0 Å². The highest BCUT2D eigenvalue weighted by Crippen LogP contribution is 2.63. The number of ketones is 2. The lowest BCUT2D eigenvalue weighted by molar-refractivity contribution is 0.0917. The van der Waals surface area contributed by atoms with Crippen LogP contribution in [0.25, 0.3) is 0 Å². The first-order chi connectivity index (χ1) is 9.12. The summed E-state index contributed by atoms with van der Waals surface area (Å²) in [6, 6.07) is 7.07. The molecule has 0 saturated heterocycles. The van der Waals surface area contributed by atoms with Gasteiger partial charge >= 0.3 is 0 Å². The molecule has 1 aliphatic carbocycles. The second-order valence-corrected chi connectivity index (χ2v) is 10.5. The number of carbonyl (C=O) groups excluding carboxylic acids is 2. The Bertz CT molecular complexity index is 737. The van der Waals surface area contributed by atoms with Crippen molar-refractivity contribution in [3.05, 3.63) is 38.5 Å². The molecular formula is C12H4O2S5. The van der Waals surface area contributed by atoms with Gasteiger partial charge in [0.15, 0.2) is 15.6 Å². The maximum atomic E-state index is 12.6. The zero-order chi connectivity index (χ0) is 13.2. The van der Waals surface area contributed by atoms with Crippen LogP contribution in [-0.4, -0.2) is 15.6 Å². The normalized spacial score (nSPS) is 18.9. The van der Waals surface area contributed by atoms with E-state index in [0.29, 0.717) is 11.1 Å². The number of carbonyl (C=O) groups is 2. The van der Waals surface area contributed by atoms with Crippen molar-refractivity contribution >= 4 is 70.0 Å². The number of hydrogen-bond acceptors (Lipinski definition) is 7. The summed E-state index contributed by atoms with van der Waals surface area (Å²) in [6.45, 7) is 0. The topological polar surface area (TPSA) is 34.1 Å². The lowest BCUT2D eigenvalue weighted by Gasteiger charge is -2.15. The van der Waals surface area contributed by atoms with Gasteiger partial charge < -0.3 is 0 Å². The van der Waals surface area contributed by atoms with E-state index in [2.05, 4.69) is 0 Å². The van der Waals surface area contributed by atoms with Crippen molar-refractivity contribution in [2.75, 3.05) is 0 Å². The molecule has 0 amide bonds. The van der Waals surface area contributed by atoms with Gasteiger partial charge in [0.2, 0.25) is 0 Å². The summed E-state index contributed by atoms with van der Waals surface area (Å²) >= 11 is 10.9. The minimum absolute atomic E-state index is 0.0791. The summed E-state index contributed by atoms with van der Waals surface area (Å²) in [7, 11) is 0. The van der Waals surface area contributed by atoms with Crippen molar-refractivity contribution in [3.8, 4) is 0 Å². The van der Waals surface area contributed by atoms with Gasteiger partial charge in [-0.3, -0.25) is 9.59 Å².